The molecule has 0 spiro atoms. The summed E-state index contributed by atoms with van der Waals surface area (Å²) in [7, 11) is 0. The molecule has 1 unspecified atom stereocenters. The lowest BCUT2D eigenvalue weighted by Gasteiger charge is -2.15. The van der Waals surface area contributed by atoms with Crippen molar-refractivity contribution in [1.82, 2.24) is 0 Å². The number of ether oxygens (including phenoxy) is 1. The average molecular weight is 266 g/mol. The molecule has 1 atom stereocenters. The van der Waals surface area contributed by atoms with E-state index in [-0.39, 0.29) is 11.3 Å². The molecule has 1 N–H and O–H groups in total. The van der Waals surface area contributed by atoms with Crippen molar-refractivity contribution >= 4 is 5.78 Å². The number of aliphatic hydroxyl groups excluding tert-OH is 1. The maximum absolute atomic E-state index is 13.3. The number of rotatable bonds is 4. The second kappa shape index (κ2) is 5.34. The van der Waals surface area contributed by atoms with E-state index in [9.17, 15) is 22.4 Å². The summed E-state index contributed by atoms with van der Waals surface area (Å²) in [5.74, 6) is -1.59. The van der Waals surface area contributed by atoms with Crippen molar-refractivity contribution in [2.24, 2.45) is 0 Å². The minimum absolute atomic E-state index is 0.182. The van der Waals surface area contributed by atoms with Gasteiger partial charge in [-0.25, -0.2) is 4.39 Å². The van der Waals surface area contributed by atoms with Gasteiger partial charge in [-0.2, -0.15) is 13.2 Å². The summed E-state index contributed by atoms with van der Waals surface area (Å²) in [5, 5.41) is 8.66. The highest BCUT2D eigenvalue weighted by atomic mass is 19.4. The Balaban J connectivity index is 2.70. The third-order valence-electron chi connectivity index (χ3n) is 2.11. The van der Waals surface area contributed by atoms with Crippen LogP contribution < -0.4 is 4.74 Å². The number of benzene rings is 1. The monoisotopic (exact) mass is 266 g/mol. The molecule has 0 amide bonds. The van der Waals surface area contributed by atoms with E-state index in [1.807, 2.05) is 0 Å². The number of hydrogen-bond donors (Lipinski definition) is 1. The van der Waals surface area contributed by atoms with Gasteiger partial charge in [-0.3, -0.25) is 4.79 Å². The molecule has 1 rings (SSSR count). The van der Waals surface area contributed by atoms with E-state index in [0.29, 0.717) is 0 Å². The molecule has 0 fully saturated rings. The molecule has 1 aromatic rings. The molecule has 0 bridgehead atoms. The number of carbonyl (C=O) groups is 1. The van der Waals surface area contributed by atoms with Gasteiger partial charge in [-0.1, -0.05) is 0 Å². The van der Waals surface area contributed by atoms with Crippen molar-refractivity contribution in [2.45, 2.75) is 19.2 Å². The summed E-state index contributed by atoms with van der Waals surface area (Å²) >= 11 is 0. The highest BCUT2D eigenvalue weighted by molar-refractivity contribution is 5.94. The fourth-order valence-corrected chi connectivity index (χ4v) is 1.14. The summed E-state index contributed by atoms with van der Waals surface area (Å²) in [4.78, 5) is 10.9. The smallest absolute Gasteiger partial charge is 0.417 e. The number of halogens is 4. The molecule has 0 aliphatic rings. The summed E-state index contributed by atoms with van der Waals surface area (Å²) in [5.41, 5.74) is -0.182. The second-order valence-electron chi connectivity index (χ2n) is 3.57. The summed E-state index contributed by atoms with van der Waals surface area (Å²) < 4.78 is 53.7. The molecule has 0 saturated carbocycles. The number of Topliss-reactive ketones (excluding diaryl/α,β-unsaturated/α-hetero) is 1. The Kier molecular flexibility index (Phi) is 4.28. The Morgan fingerprint density at radius 1 is 1.44 bits per heavy atom. The van der Waals surface area contributed by atoms with Crippen molar-refractivity contribution in [2.75, 3.05) is 6.61 Å². The summed E-state index contributed by atoms with van der Waals surface area (Å²) in [6.45, 7) is 0.120. The molecule has 0 radical (unpaired) electrons. The second-order valence-corrected chi connectivity index (χ2v) is 3.57. The van der Waals surface area contributed by atoms with Crippen molar-refractivity contribution in [3.05, 3.63) is 29.6 Å². The van der Waals surface area contributed by atoms with Crippen LogP contribution >= 0.6 is 0 Å². The van der Waals surface area contributed by atoms with Crippen LogP contribution in [0.5, 0.6) is 5.75 Å². The first kappa shape index (κ1) is 14.4. The summed E-state index contributed by atoms with van der Waals surface area (Å²) in [6.07, 6.45) is -7.44. The maximum atomic E-state index is 13.3. The molecule has 0 saturated heterocycles. The SMILES string of the molecule is CC(=O)c1ccc(OCC(O)C(F)(F)F)cc1F. The zero-order chi connectivity index (χ0) is 13.9. The highest BCUT2D eigenvalue weighted by Crippen LogP contribution is 2.22. The highest BCUT2D eigenvalue weighted by Gasteiger charge is 2.38. The van der Waals surface area contributed by atoms with Gasteiger partial charge in [0.05, 0.1) is 5.56 Å². The van der Waals surface area contributed by atoms with Gasteiger partial charge >= 0.3 is 6.18 Å². The Morgan fingerprint density at radius 3 is 2.50 bits per heavy atom. The first-order valence-electron chi connectivity index (χ1n) is 4.90. The van der Waals surface area contributed by atoms with E-state index < -0.39 is 30.5 Å². The molecule has 0 aliphatic carbocycles. The fourth-order valence-electron chi connectivity index (χ4n) is 1.14. The third-order valence-corrected chi connectivity index (χ3v) is 2.11. The maximum Gasteiger partial charge on any atom is 0.417 e. The van der Waals surface area contributed by atoms with Crippen LogP contribution in [0, 0.1) is 5.82 Å². The van der Waals surface area contributed by atoms with Gasteiger partial charge in [0, 0.05) is 6.07 Å². The predicted molar refractivity (Wildman–Crippen MR) is 54.0 cm³/mol. The quantitative estimate of drug-likeness (QED) is 0.672. The van der Waals surface area contributed by atoms with Crippen molar-refractivity contribution < 1.29 is 32.2 Å². The number of ketones is 1. The molecule has 7 heteroatoms. The molecule has 0 heterocycles. The number of carbonyl (C=O) groups excluding carboxylic acids is 1. The Hall–Kier alpha value is -1.63. The van der Waals surface area contributed by atoms with Crippen molar-refractivity contribution in [1.29, 1.82) is 0 Å². The Labute approximate surface area is 100.0 Å². The van der Waals surface area contributed by atoms with Crippen LogP contribution in [-0.4, -0.2) is 29.8 Å². The van der Waals surface area contributed by atoms with Crippen molar-refractivity contribution in [3.63, 3.8) is 0 Å². The van der Waals surface area contributed by atoms with Crippen LogP contribution in [-0.2, 0) is 0 Å². The molecule has 0 aliphatic heterocycles. The largest absolute Gasteiger partial charge is 0.490 e. The first-order valence-corrected chi connectivity index (χ1v) is 4.90. The molecular weight excluding hydrogens is 256 g/mol. The minimum Gasteiger partial charge on any atom is -0.490 e. The Bertz CT molecular complexity index is 442. The first-order chi connectivity index (χ1) is 8.21. The zero-order valence-corrected chi connectivity index (χ0v) is 9.29. The molecular formula is C11H10F4O3. The molecule has 18 heavy (non-hydrogen) atoms. The number of hydrogen-bond acceptors (Lipinski definition) is 3. The predicted octanol–water partition coefficient (Wildman–Crippen LogP) is 2.33. The minimum atomic E-state index is -4.79. The van der Waals surface area contributed by atoms with E-state index >= 15 is 0 Å². The number of aliphatic hydroxyl groups is 1. The lowest BCUT2D eigenvalue weighted by atomic mass is 10.1. The van der Waals surface area contributed by atoms with Crippen molar-refractivity contribution in [3.8, 4) is 5.75 Å². The average Bonchev–Trinajstić information content (AvgIpc) is 2.24. The van der Waals surface area contributed by atoms with E-state index in [1.165, 1.54) is 0 Å². The van der Waals surface area contributed by atoms with E-state index in [2.05, 4.69) is 4.74 Å². The zero-order valence-electron chi connectivity index (χ0n) is 9.29. The van der Waals surface area contributed by atoms with Gasteiger partial charge in [-0.05, 0) is 19.1 Å². The van der Waals surface area contributed by atoms with Crippen LogP contribution in [0.1, 0.15) is 17.3 Å². The topological polar surface area (TPSA) is 46.5 Å². The van der Waals surface area contributed by atoms with E-state index in [4.69, 9.17) is 5.11 Å². The standard InChI is InChI=1S/C11H10F4O3/c1-6(16)8-3-2-7(4-9(8)12)18-5-10(17)11(13,14)15/h2-4,10,17H,5H2,1H3. The Morgan fingerprint density at radius 2 is 2.06 bits per heavy atom. The molecule has 0 aromatic heterocycles. The lowest BCUT2D eigenvalue weighted by Crippen LogP contribution is -2.34. The number of alkyl halides is 3. The van der Waals surface area contributed by atoms with Crippen LogP contribution in [0.15, 0.2) is 18.2 Å². The van der Waals surface area contributed by atoms with Gasteiger partial charge < -0.3 is 9.84 Å². The third kappa shape index (κ3) is 3.69. The van der Waals surface area contributed by atoms with Crippen LogP contribution in [0.2, 0.25) is 0 Å². The van der Waals surface area contributed by atoms with Gasteiger partial charge in [0.25, 0.3) is 0 Å². The van der Waals surface area contributed by atoms with Gasteiger partial charge in [0.1, 0.15) is 18.2 Å². The van der Waals surface area contributed by atoms with Gasteiger partial charge in [0.2, 0.25) is 0 Å². The van der Waals surface area contributed by atoms with Crippen LogP contribution in [0.3, 0.4) is 0 Å². The van der Waals surface area contributed by atoms with E-state index in [0.717, 1.165) is 25.1 Å². The van der Waals surface area contributed by atoms with Crippen LogP contribution in [0.4, 0.5) is 17.6 Å². The van der Waals surface area contributed by atoms with Gasteiger partial charge in [-0.15, -0.1) is 0 Å². The van der Waals surface area contributed by atoms with Gasteiger partial charge in [0.15, 0.2) is 11.9 Å². The van der Waals surface area contributed by atoms with E-state index in [1.54, 1.807) is 0 Å². The molecule has 100 valence electrons. The summed E-state index contributed by atoms with van der Waals surface area (Å²) in [6, 6.07) is 3.05. The normalized spacial score (nSPS) is 13.2. The molecule has 3 nitrogen and oxygen atoms in total. The van der Waals surface area contributed by atoms with Crippen LogP contribution in [0.25, 0.3) is 0 Å². The fraction of sp³-hybridized carbons (Fsp3) is 0.364. The molecule has 1 aromatic carbocycles. The lowest BCUT2D eigenvalue weighted by molar-refractivity contribution is -0.210.